The molecule has 1 unspecified atom stereocenters. The molecule has 7 heteroatoms. The average Bonchev–Trinajstić information content (AvgIpc) is 2.72. The highest BCUT2D eigenvalue weighted by Crippen LogP contribution is 2.27. The lowest BCUT2D eigenvalue weighted by molar-refractivity contribution is 0.0633. The molecule has 1 saturated heterocycles. The van der Waals surface area contributed by atoms with Gasteiger partial charge in [0.2, 0.25) is 0 Å². The van der Waals surface area contributed by atoms with Crippen LogP contribution in [0, 0.1) is 5.92 Å². The van der Waals surface area contributed by atoms with E-state index in [2.05, 4.69) is 0 Å². The van der Waals surface area contributed by atoms with Gasteiger partial charge in [0.15, 0.2) is 12.6 Å². The Hall–Kier alpha value is -3.35. The largest absolute Gasteiger partial charge is 0.507 e. The number of rotatable bonds is 6. The second kappa shape index (κ2) is 8.56. The number of phenolic OH excluding ortho intramolecular Hbond substituents is 2. The second-order valence-electron chi connectivity index (χ2n) is 6.77. The van der Waals surface area contributed by atoms with E-state index in [-0.39, 0.29) is 34.5 Å². The molecule has 0 saturated carbocycles. The normalized spacial score (nSPS) is 16.4. The van der Waals surface area contributed by atoms with Gasteiger partial charge in [0.25, 0.3) is 5.91 Å². The summed E-state index contributed by atoms with van der Waals surface area (Å²) in [6, 6.07) is 8.85. The molecule has 1 amide bonds. The van der Waals surface area contributed by atoms with E-state index in [1.807, 2.05) is 0 Å². The first-order chi connectivity index (χ1) is 13.5. The lowest BCUT2D eigenvalue weighted by Crippen LogP contribution is -2.41. The van der Waals surface area contributed by atoms with Crippen molar-refractivity contribution in [3.8, 4) is 17.2 Å². The number of benzene rings is 2. The van der Waals surface area contributed by atoms with E-state index in [0.717, 1.165) is 12.8 Å². The molecule has 7 nitrogen and oxygen atoms in total. The third-order valence-corrected chi connectivity index (χ3v) is 4.84. The minimum atomic E-state index is -0.210. The quantitative estimate of drug-likeness (QED) is 0.743. The van der Waals surface area contributed by atoms with Crippen molar-refractivity contribution in [2.45, 2.75) is 12.8 Å². The summed E-state index contributed by atoms with van der Waals surface area (Å²) in [6.45, 7) is 1.38. The standard InChI is InChI=1S/C21H21NO6/c23-11-16-9-15(6-7-18(16)25)21(27)22-8-2-3-14(10-22)13-28-20-5-1-4-19(26)17(20)12-24/h1,4-7,9,11-12,14,25-26H,2-3,8,10,13H2. The summed E-state index contributed by atoms with van der Waals surface area (Å²) in [6.07, 6.45) is 2.74. The number of hydrogen-bond acceptors (Lipinski definition) is 6. The van der Waals surface area contributed by atoms with Crippen LogP contribution in [0.15, 0.2) is 36.4 Å². The van der Waals surface area contributed by atoms with Gasteiger partial charge in [-0.05, 0) is 43.2 Å². The molecule has 2 aromatic rings. The molecule has 1 aliphatic heterocycles. The highest BCUT2D eigenvalue weighted by atomic mass is 16.5. The van der Waals surface area contributed by atoms with Gasteiger partial charge in [0.05, 0.1) is 17.7 Å². The molecule has 0 aromatic heterocycles. The third kappa shape index (κ3) is 4.14. The fourth-order valence-corrected chi connectivity index (χ4v) is 3.33. The molecule has 0 radical (unpaired) electrons. The number of carbonyl (C=O) groups is 3. The van der Waals surface area contributed by atoms with Crippen molar-refractivity contribution >= 4 is 18.5 Å². The van der Waals surface area contributed by atoms with Crippen molar-refractivity contribution in [1.82, 2.24) is 4.90 Å². The summed E-state index contributed by atoms with van der Waals surface area (Å²) >= 11 is 0. The van der Waals surface area contributed by atoms with E-state index in [1.54, 1.807) is 17.0 Å². The van der Waals surface area contributed by atoms with Gasteiger partial charge in [0, 0.05) is 24.6 Å². The molecule has 1 aliphatic rings. The summed E-state index contributed by atoms with van der Waals surface area (Å²) in [5.74, 6) is -0.117. The number of likely N-dealkylation sites (tertiary alicyclic amines) is 1. The van der Waals surface area contributed by atoms with Crippen molar-refractivity contribution in [3.05, 3.63) is 53.1 Å². The summed E-state index contributed by atoms with van der Waals surface area (Å²) in [7, 11) is 0. The number of amides is 1. The van der Waals surface area contributed by atoms with Gasteiger partial charge >= 0.3 is 0 Å². The minimum Gasteiger partial charge on any atom is -0.507 e. The minimum absolute atomic E-state index is 0.0715. The lowest BCUT2D eigenvalue weighted by atomic mass is 9.98. The highest BCUT2D eigenvalue weighted by Gasteiger charge is 2.25. The molecular formula is C21H21NO6. The molecule has 2 N–H and O–H groups in total. The van der Waals surface area contributed by atoms with Gasteiger partial charge in [-0.25, -0.2) is 0 Å². The molecule has 0 aliphatic carbocycles. The Kier molecular flexibility index (Phi) is 5.93. The number of ether oxygens (including phenoxy) is 1. The second-order valence-corrected chi connectivity index (χ2v) is 6.77. The zero-order valence-electron chi connectivity index (χ0n) is 15.2. The Morgan fingerprint density at radius 3 is 2.71 bits per heavy atom. The van der Waals surface area contributed by atoms with Crippen molar-refractivity contribution < 1.29 is 29.3 Å². The SMILES string of the molecule is O=Cc1cc(C(=O)N2CCCC(COc3cccc(O)c3C=O)C2)ccc1O. The van der Waals surface area contributed by atoms with Crippen LogP contribution in [-0.2, 0) is 0 Å². The molecule has 1 atom stereocenters. The maximum atomic E-state index is 12.8. The number of aldehydes is 2. The molecule has 0 bridgehead atoms. The molecule has 1 fully saturated rings. The van der Waals surface area contributed by atoms with Crippen LogP contribution in [-0.4, -0.2) is 53.3 Å². The highest BCUT2D eigenvalue weighted by molar-refractivity contribution is 5.96. The van der Waals surface area contributed by atoms with Crippen LogP contribution in [0.4, 0.5) is 0 Å². The number of piperidine rings is 1. The van der Waals surface area contributed by atoms with E-state index in [0.29, 0.717) is 43.6 Å². The maximum Gasteiger partial charge on any atom is 0.253 e. The topological polar surface area (TPSA) is 104 Å². The molecule has 28 heavy (non-hydrogen) atoms. The molecule has 2 aromatic carbocycles. The lowest BCUT2D eigenvalue weighted by Gasteiger charge is -2.33. The predicted octanol–water partition coefficient (Wildman–Crippen LogP) is 2.65. The summed E-state index contributed by atoms with van der Waals surface area (Å²) in [5, 5.41) is 19.3. The monoisotopic (exact) mass is 383 g/mol. The number of carbonyl (C=O) groups excluding carboxylic acids is 3. The van der Waals surface area contributed by atoms with Crippen LogP contribution in [0.3, 0.4) is 0 Å². The van der Waals surface area contributed by atoms with Crippen molar-refractivity contribution in [1.29, 1.82) is 0 Å². The fourth-order valence-electron chi connectivity index (χ4n) is 3.33. The smallest absolute Gasteiger partial charge is 0.253 e. The van der Waals surface area contributed by atoms with Gasteiger partial charge in [-0.15, -0.1) is 0 Å². The Balaban J connectivity index is 1.66. The van der Waals surface area contributed by atoms with Gasteiger partial charge in [-0.1, -0.05) is 6.07 Å². The first-order valence-electron chi connectivity index (χ1n) is 9.01. The molecule has 146 valence electrons. The molecule has 0 spiro atoms. The number of phenols is 2. The zero-order valence-corrected chi connectivity index (χ0v) is 15.2. The van der Waals surface area contributed by atoms with E-state index in [1.165, 1.54) is 24.3 Å². The Bertz CT molecular complexity index is 894. The van der Waals surface area contributed by atoms with Crippen LogP contribution >= 0.6 is 0 Å². The number of aromatic hydroxyl groups is 2. The zero-order chi connectivity index (χ0) is 20.1. The number of nitrogens with zero attached hydrogens (tertiary/aromatic N) is 1. The van der Waals surface area contributed by atoms with E-state index in [9.17, 15) is 24.6 Å². The van der Waals surface area contributed by atoms with Crippen LogP contribution in [0.1, 0.15) is 43.9 Å². The van der Waals surface area contributed by atoms with Gasteiger partial charge < -0.3 is 19.8 Å². The first kappa shape index (κ1) is 19.4. The average molecular weight is 383 g/mol. The summed E-state index contributed by atoms with van der Waals surface area (Å²) < 4.78 is 5.73. The number of hydrogen-bond donors (Lipinski definition) is 2. The third-order valence-electron chi connectivity index (χ3n) is 4.84. The predicted molar refractivity (Wildman–Crippen MR) is 101 cm³/mol. The maximum absolute atomic E-state index is 12.8. The molecule has 3 rings (SSSR count). The van der Waals surface area contributed by atoms with E-state index < -0.39 is 0 Å². The van der Waals surface area contributed by atoms with Crippen LogP contribution < -0.4 is 4.74 Å². The van der Waals surface area contributed by atoms with Crippen molar-refractivity contribution in [2.75, 3.05) is 19.7 Å². The Morgan fingerprint density at radius 1 is 1.14 bits per heavy atom. The van der Waals surface area contributed by atoms with Crippen molar-refractivity contribution in [2.24, 2.45) is 5.92 Å². The molecule has 1 heterocycles. The summed E-state index contributed by atoms with van der Waals surface area (Å²) in [4.78, 5) is 36.6. The van der Waals surface area contributed by atoms with Crippen molar-refractivity contribution in [3.63, 3.8) is 0 Å². The van der Waals surface area contributed by atoms with E-state index in [4.69, 9.17) is 4.74 Å². The molecular weight excluding hydrogens is 362 g/mol. The summed E-state index contributed by atoms with van der Waals surface area (Å²) in [5.41, 5.74) is 0.530. The van der Waals surface area contributed by atoms with E-state index >= 15 is 0 Å². The van der Waals surface area contributed by atoms with Crippen LogP contribution in [0.25, 0.3) is 0 Å². The Labute approximate surface area is 162 Å². The Morgan fingerprint density at radius 2 is 1.96 bits per heavy atom. The first-order valence-corrected chi connectivity index (χ1v) is 9.01. The van der Waals surface area contributed by atoms with Crippen LogP contribution in [0.2, 0.25) is 0 Å². The van der Waals surface area contributed by atoms with Gasteiger partial charge in [-0.2, -0.15) is 0 Å². The van der Waals surface area contributed by atoms with Crippen LogP contribution in [0.5, 0.6) is 17.2 Å². The fraction of sp³-hybridized carbons (Fsp3) is 0.286. The van der Waals surface area contributed by atoms with Gasteiger partial charge in [-0.3, -0.25) is 14.4 Å². The van der Waals surface area contributed by atoms with Gasteiger partial charge in [0.1, 0.15) is 17.2 Å².